The Morgan fingerprint density at radius 3 is 2.18 bits per heavy atom. The van der Waals surface area contributed by atoms with Crippen molar-refractivity contribution in [2.75, 3.05) is 52.5 Å². The average molecular weight is 267 g/mol. The molecule has 0 aliphatic rings. The quantitative estimate of drug-likeness (QED) is 0.297. The molecule has 0 amide bonds. The second kappa shape index (κ2) is 12.1. The van der Waals surface area contributed by atoms with E-state index >= 15 is 0 Å². The van der Waals surface area contributed by atoms with Gasteiger partial charge in [-0.15, -0.1) is 0 Å². The van der Waals surface area contributed by atoms with Crippen molar-refractivity contribution in [3.05, 3.63) is 0 Å². The lowest BCUT2D eigenvalue weighted by Crippen LogP contribution is -2.34. The summed E-state index contributed by atoms with van der Waals surface area (Å²) in [5, 5.41) is 0. The largest absolute Gasteiger partial charge is 0.462 e. The summed E-state index contributed by atoms with van der Waals surface area (Å²) in [6.45, 7) is 2.59. The van der Waals surface area contributed by atoms with Gasteiger partial charge in [0.15, 0.2) is 0 Å². The minimum Gasteiger partial charge on any atom is -0.462 e. The fraction of sp³-hybridized carbons (Fsp3) is 0.900. The van der Waals surface area contributed by atoms with Crippen LogP contribution in [0.1, 0.15) is 0 Å². The number of methoxy groups -OCH3 is 1. The van der Waals surface area contributed by atoms with Crippen LogP contribution < -0.4 is 5.73 Å². The lowest BCUT2D eigenvalue weighted by atomic mass is 10.4. The molecule has 0 fully saturated rings. The van der Waals surface area contributed by atoms with Gasteiger partial charge in [-0.1, -0.05) is 0 Å². The molecule has 0 spiro atoms. The fourth-order valence-electron chi connectivity index (χ4n) is 0.847. The maximum absolute atomic E-state index is 11.1. The van der Waals surface area contributed by atoms with Gasteiger partial charge in [-0.3, -0.25) is 4.79 Å². The van der Waals surface area contributed by atoms with E-state index in [1.165, 1.54) is 0 Å². The third kappa shape index (κ3) is 10.5. The van der Waals surface area contributed by atoms with Crippen LogP contribution in [0.2, 0.25) is 0 Å². The molecular weight excluding hydrogens is 246 g/mol. The highest BCUT2D eigenvalue weighted by Gasteiger charge is 2.11. The zero-order valence-electron chi connectivity index (χ0n) is 10.1. The topological polar surface area (TPSA) is 80.0 Å². The summed E-state index contributed by atoms with van der Waals surface area (Å²) < 4.78 is 20.0. The SMILES string of the molecule is COCCOCCOCCOC(=O)[C@@H](N)CS. The lowest BCUT2D eigenvalue weighted by Gasteiger charge is -2.09. The van der Waals surface area contributed by atoms with Crippen LogP contribution in [-0.2, 0) is 23.7 Å². The highest BCUT2D eigenvalue weighted by atomic mass is 32.1. The van der Waals surface area contributed by atoms with Gasteiger partial charge in [-0.25, -0.2) is 0 Å². The van der Waals surface area contributed by atoms with Gasteiger partial charge in [0.2, 0.25) is 0 Å². The molecular formula is C10H21NO5S. The predicted octanol–water partition coefficient (Wildman–Crippen LogP) is -0.534. The molecule has 0 aliphatic heterocycles. The van der Waals surface area contributed by atoms with Crippen molar-refractivity contribution in [1.82, 2.24) is 0 Å². The van der Waals surface area contributed by atoms with Crippen LogP contribution in [0.25, 0.3) is 0 Å². The van der Waals surface area contributed by atoms with Crippen molar-refractivity contribution < 1.29 is 23.7 Å². The normalized spacial score (nSPS) is 12.4. The summed E-state index contributed by atoms with van der Waals surface area (Å²) in [6, 6.07) is -0.671. The summed E-state index contributed by atoms with van der Waals surface area (Å²) in [6.07, 6.45) is 0. The molecule has 2 N–H and O–H groups in total. The van der Waals surface area contributed by atoms with Gasteiger partial charge in [0.1, 0.15) is 12.6 Å². The van der Waals surface area contributed by atoms with Crippen LogP contribution in [0.3, 0.4) is 0 Å². The smallest absolute Gasteiger partial charge is 0.323 e. The van der Waals surface area contributed by atoms with E-state index in [0.29, 0.717) is 33.0 Å². The second-order valence-corrected chi connectivity index (χ2v) is 3.54. The van der Waals surface area contributed by atoms with Crippen molar-refractivity contribution >= 4 is 18.6 Å². The number of nitrogens with two attached hydrogens (primary N) is 1. The van der Waals surface area contributed by atoms with Crippen molar-refractivity contribution in [3.8, 4) is 0 Å². The minimum absolute atomic E-state index is 0.193. The molecule has 0 aliphatic carbocycles. The fourth-order valence-corrected chi connectivity index (χ4v) is 0.996. The molecule has 6 nitrogen and oxygen atoms in total. The number of carbonyl (C=O) groups excluding carboxylic acids is 1. The first-order chi connectivity index (χ1) is 8.22. The molecule has 0 aromatic carbocycles. The molecule has 0 radical (unpaired) electrons. The summed E-state index contributed by atoms with van der Waals surface area (Å²) in [5.74, 6) is -0.188. The molecule has 0 saturated heterocycles. The Kier molecular flexibility index (Phi) is 11.9. The third-order valence-electron chi connectivity index (χ3n) is 1.78. The Balaban J connectivity index is 3.16. The lowest BCUT2D eigenvalue weighted by molar-refractivity contribution is -0.146. The Bertz CT molecular complexity index is 194. The number of ether oxygens (including phenoxy) is 4. The highest BCUT2D eigenvalue weighted by Crippen LogP contribution is 1.89. The number of thiol groups is 1. The summed E-state index contributed by atoms with van der Waals surface area (Å²) in [4.78, 5) is 11.1. The van der Waals surface area contributed by atoms with E-state index in [4.69, 9.17) is 24.7 Å². The zero-order valence-corrected chi connectivity index (χ0v) is 11.0. The van der Waals surface area contributed by atoms with E-state index in [-0.39, 0.29) is 12.4 Å². The van der Waals surface area contributed by atoms with Crippen LogP contribution in [0.5, 0.6) is 0 Å². The Hall–Kier alpha value is -0.340. The zero-order chi connectivity index (χ0) is 12.9. The molecule has 1 atom stereocenters. The first kappa shape index (κ1) is 16.7. The summed E-state index contributed by atoms with van der Waals surface area (Å²) in [7, 11) is 1.61. The molecule has 0 unspecified atom stereocenters. The van der Waals surface area contributed by atoms with Gasteiger partial charge in [-0.2, -0.15) is 12.6 Å². The molecule has 0 aromatic heterocycles. The minimum atomic E-state index is -0.671. The molecule has 102 valence electrons. The predicted molar refractivity (Wildman–Crippen MR) is 66.3 cm³/mol. The van der Waals surface area contributed by atoms with Crippen LogP contribution in [0.4, 0.5) is 0 Å². The van der Waals surface area contributed by atoms with E-state index < -0.39 is 12.0 Å². The molecule has 17 heavy (non-hydrogen) atoms. The van der Waals surface area contributed by atoms with Gasteiger partial charge >= 0.3 is 5.97 Å². The van der Waals surface area contributed by atoms with Gasteiger partial charge in [0, 0.05) is 12.9 Å². The van der Waals surface area contributed by atoms with Crippen LogP contribution in [0.15, 0.2) is 0 Å². The monoisotopic (exact) mass is 267 g/mol. The Morgan fingerprint density at radius 1 is 1.12 bits per heavy atom. The number of hydrogen-bond donors (Lipinski definition) is 2. The van der Waals surface area contributed by atoms with E-state index in [9.17, 15) is 4.79 Å². The third-order valence-corrected chi connectivity index (χ3v) is 2.17. The van der Waals surface area contributed by atoms with E-state index in [1.807, 2.05) is 0 Å². The molecule has 0 saturated carbocycles. The number of hydrogen-bond acceptors (Lipinski definition) is 7. The van der Waals surface area contributed by atoms with Gasteiger partial charge in [-0.05, 0) is 0 Å². The van der Waals surface area contributed by atoms with E-state index in [1.54, 1.807) is 7.11 Å². The Morgan fingerprint density at radius 2 is 1.65 bits per heavy atom. The first-order valence-electron chi connectivity index (χ1n) is 5.40. The van der Waals surface area contributed by atoms with Gasteiger partial charge in [0.25, 0.3) is 0 Å². The van der Waals surface area contributed by atoms with Crippen molar-refractivity contribution in [2.24, 2.45) is 5.73 Å². The molecule has 0 rings (SSSR count). The summed E-state index contributed by atoms with van der Waals surface area (Å²) in [5.41, 5.74) is 5.40. The summed E-state index contributed by atoms with van der Waals surface area (Å²) >= 11 is 3.89. The molecule has 7 heteroatoms. The first-order valence-corrected chi connectivity index (χ1v) is 6.03. The van der Waals surface area contributed by atoms with E-state index in [2.05, 4.69) is 12.6 Å². The van der Waals surface area contributed by atoms with Crippen LogP contribution >= 0.6 is 12.6 Å². The molecule has 0 aromatic rings. The standard InChI is InChI=1S/C10H21NO5S/c1-13-2-3-14-4-5-15-6-7-16-10(12)9(11)8-17/h9,17H,2-8,11H2,1H3/t9-/m0/s1. The Labute approximate surface area is 107 Å². The van der Waals surface area contributed by atoms with Crippen LogP contribution in [-0.4, -0.2) is 64.5 Å². The molecule has 0 heterocycles. The number of esters is 1. The van der Waals surface area contributed by atoms with Crippen molar-refractivity contribution in [1.29, 1.82) is 0 Å². The second-order valence-electron chi connectivity index (χ2n) is 3.17. The average Bonchev–Trinajstić information content (AvgIpc) is 2.35. The van der Waals surface area contributed by atoms with E-state index in [0.717, 1.165) is 0 Å². The van der Waals surface area contributed by atoms with Gasteiger partial charge < -0.3 is 24.7 Å². The maximum Gasteiger partial charge on any atom is 0.323 e. The molecule has 0 bridgehead atoms. The van der Waals surface area contributed by atoms with Crippen molar-refractivity contribution in [2.45, 2.75) is 6.04 Å². The maximum atomic E-state index is 11.1. The van der Waals surface area contributed by atoms with Crippen LogP contribution in [0, 0.1) is 0 Å². The van der Waals surface area contributed by atoms with Crippen molar-refractivity contribution in [3.63, 3.8) is 0 Å². The number of carbonyl (C=O) groups is 1. The number of rotatable bonds is 11. The highest BCUT2D eigenvalue weighted by molar-refractivity contribution is 7.80. The van der Waals surface area contributed by atoms with Gasteiger partial charge in [0.05, 0.1) is 33.0 Å².